The normalized spacial score (nSPS) is 12.1. The number of nitrogens with one attached hydrogen (secondary N) is 1. The van der Waals surface area contributed by atoms with Gasteiger partial charge in [-0.15, -0.1) is 0 Å². The zero-order chi connectivity index (χ0) is 13.8. The second kappa shape index (κ2) is 6.68. The summed E-state index contributed by atoms with van der Waals surface area (Å²) in [7, 11) is 1.74. The van der Waals surface area contributed by atoms with Crippen LogP contribution in [-0.4, -0.2) is 29.0 Å². The smallest absolute Gasteiger partial charge is 0.0767 e. The molecule has 0 saturated heterocycles. The quantitative estimate of drug-likeness (QED) is 0.840. The van der Waals surface area contributed by atoms with Crippen molar-refractivity contribution < 1.29 is 4.74 Å². The molecule has 0 aromatic carbocycles. The van der Waals surface area contributed by atoms with Crippen LogP contribution in [0.5, 0.6) is 0 Å². The van der Waals surface area contributed by atoms with Gasteiger partial charge in [-0.3, -0.25) is 4.68 Å². The Hall–Kier alpha value is -0.390. The third kappa shape index (κ3) is 3.80. The first kappa shape index (κ1) is 15.7. The van der Waals surface area contributed by atoms with Crippen molar-refractivity contribution in [3.8, 4) is 0 Å². The summed E-state index contributed by atoms with van der Waals surface area (Å²) in [5.41, 5.74) is 2.19. The van der Waals surface area contributed by atoms with Crippen LogP contribution in [0.25, 0.3) is 0 Å². The second-order valence-electron chi connectivity index (χ2n) is 4.94. The number of aryl methyl sites for hydroxylation is 2. The zero-order valence-electron chi connectivity index (χ0n) is 12.0. The summed E-state index contributed by atoms with van der Waals surface area (Å²) in [6, 6.07) is 0. The van der Waals surface area contributed by atoms with Crippen molar-refractivity contribution in [3.63, 3.8) is 0 Å². The fraction of sp³-hybridized carbons (Fsp3) is 0.769. The molecule has 5 heteroatoms. The van der Waals surface area contributed by atoms with Gasteiger partial charge < -0.3 is 10.1 Å². The van der Waals surface area contributed by atoms with Gasteiger partial charge >= 0.3 is 0 Å². The molecule has 0 amide bonds. The third-order valence-electron chi connectivity index (χ3n) is 3.09. The predicted molar refractivity (Wildman–Crippen MR) is 77.8 cm³/mol. The monoisotopic (exact) mass is 317 g/mol. The zero-order valence-corrected chi connectivity index (χ0v) is 13.6. The minimum Gasteiger partial charge on any atom is -0.377 e. The van der Waals surface area contributed by atoms with Gasteiger partial charge in [0.05, 0.1) is 21.5 Å². The van der Waals surface area contributed by atoms with Crippen molar-refractivity contribution in [2.24, 2.45) is 0 Å². The molecule has 0 radical (unpaired) electrons. The van der Waals surface area contributed by atoms with E-state index in [2.05, 4.69) is 58.7 Å². The Morgan fingerprint density at radius 3 is 2.56 bits per heavy atom. The minimum atomic E-state index is -0.142. The van der Waals surface area contributed by atoms with Crippen molar-refractivity contribution in [2.75, 3.05) is 13.7 Å². The fourth-order valence-corrected chi connectivity index (χ4v) is 2.44. The highest BCUT2D eigenvalue weighted by Crippen LogP contribution is 2.22. The van der Waals surface area contributed by atoms with Gasteiger partial charge in [-0.25, -0.2) is 0 Å². The van der Waals surface area contributed by atoms with Crippen LogP contribution in [0.2, 0.25) is 0 Å². The van der Waals surface area contributed by atoms with Gasteiger partial charge in [-0.05, 0) is 43.1 Å². The molecular weight excluding hydrogens is 294 g/mol. The van der Waals surface area contributed by atoms with Crippen molar-refractivity contribution in [2.45, 2.75) is 52.8 Å². The molecule has 104 valence electrons. The molecule has 1 rings (SSSR count). The Bertz CT molecular complexity index is 388. The highest BCUT2D eigenvalue weighted by atomic mass is 79.9. The van der Waals surface area contributed by atoms with Crippen LogP contribution >= 0.6 is 15.9 Å². The molecule has 0 bridgehead atoms. The van der Waals surface area contributed by atoms with Gasteiger partial charge in [0, 0.05) is 26.7 Å². The highest BCUT2D eigenvalue weighted by Gasteiger charge is 2.17. The number of halogens is 1. The van der Waals surface area contributed by atoms with Crippen molar-refractivity contribution in [3.05, 3.63) is 15.9 Å². The topological polar surface area (TPSA) is 39.1 Å². The molecule has 1 aromatic rings. The number of hydrogen-bond acceptors (Lipinski definition) is 3. The van der Waals surface area contributed by atoms with Crippen molar-refractivity contribution in [1.29, 1.82) is 0 Å². The molecule has 4 nitrogen and oxygen atoms in total. The van der Waals surface area contributed by atoms with Gasteiger partial charge in [0.25, 0.3) is 0 Å². The van der Waals surface area contributed by atoms with Gasteiger partial charge in [-0.2, -0.15) is 5.10 Å². The summed E-state index contributed by atoms with van der Waals surface area (Å²) in [5.74, 6) is 0. The first-order valence-corrected chi connectivity index (χ1v) is 7.24. The number of ether oxygens (including phenoxy) is 1. The van der Waals surface area contributed by atoms with E-state index in [0.717, 1.165) is 36.2 Å². The molecule has 1 aromatic heterocycles. The van der Waals surface area contributed by atoms with Crippen molar-refractivity contribution >= 4 is 15.9 Å². The van der Waals surface area contributed by atoms with E-state index >= 15 is 0 Å². The van der Waals surface area contributed by atoms with Crippen LogP contribution in [0.4, 0.5) is 0 Å². The highest BCUT2D eigenvalue weighted by molar-refractivity contribution is 9.10. The van der Waals surface area contributed by atoms with E-state index in [1.165, 1.54) is 5.69 Å². The fourth-order valence-electron chi connectivity index (χ4n) is 1.74. The standard InChI is InChI=1S/C13H24BrN3O/c1-6-10-12(14)11(17(7-2)16-10)8-15-9-13(3,4)18-5/h15H,6-9H2,1-5H3. The number of rotatable bonds is 7. The summed E-state index contributed by atoms with van der Waals surface area (Å²) >= 11 is 3.65. The average molecular weight is 318 g/mol. The molecule has 0 aliphatic heterocycles. The molecule has 1 heterocycles. The van der Waals surface area contributed by atoms with E-state index in [0.29, 0.717) is 0 Å². The number of nitrogens with zero attached hydrogens (tertiary/aromatic N) is 2. The Morgan fingerprint density at radius 1 is 1.39 bits per heavy atom. The van der Waals surface area contributed by atoms with Gasteiger partial charge in [0.2, 0.25) is 0 Å². The lowest BCUT2D eigenvalue weighted by atomic mass is 10.1. The van der Waals surface area contributed by atoms with Gasteiger partial charge in [0.1, 0.15) is 0 Å². The number of methoxy groups -OCH3 is 1. The van der Waals surface area contributed by atoms with Crippen LogP contribution in [0, 0.1) is 0 Å². The maximum absolute atomic E-state index is 5.39. The minimum absolute atomic E-state index is 0.142. The SMILES string of the molecule is CCc1nn(CC)c(CNCC(C)(C)OC)c1Br. The third-order valence-corrected chi connectivity index (χ3v) is 4.01. The second-order valence-corrected chi connectivity index (χ2v) is 5.74. The molecule has 0 fully saturated rings. The molecule has 0 aliphatic rings. The lowest BCUT2D eigenvalue weighted by molar-refractivity contribution is 0.0229. The first-order valence-electron chi connectivity index (χ1n) is 6.45. The summed E-state index contributed by atoms with van der Waals surface area (Å²) in [4.78, 5) is 0. The Morgan fingerprint density at radius 2 is 2.06 bits per heavy atom. The molecule has 0 aliphatic carbocycles. The van der Waals surface area contributed by atoms with E-state index in [1.807, 2.05) is 0 Å². The van der Waals surface area contributed by atoms with Crippen LogP contribution in [-0.2, 0) is 24.2 Å². The molecule has 0 unspecified atom stereocenters. The van der Waals surface area contributed by atoms with E-state index < -0.39 is 0 Å². The van der Waals surface area contributed by atoms with E-state index in [1.54, 1.807) is 7.11 Å². The van der Waals surface area contributed by atoms with E-state index in [4.69, 9.17) is 4.74 Å². The first-order chi connectivity index (χ1) is 8.45. The molecule has 0 spiro atoms. The van der Waals surface area contributed by atoms with E-state index in [-0.39, 0.29) is 5.60 Å². The lowest BCUT2D eigenvalue weighted by Gasteiger charge is -2.23. The number of aromatic nitrogens is 2. The van der Waals surface area contributed by atoms with Crippen LogP contribution < -0.4 is 5.32 Å². The molecule has 18 heavy (non-hydrogen) atoms. The summed E-state index contributed by atoms with van der Waals surface area (Å²) < 4.78 is 8.58. The number of hydrogen-bond donors (Lipinski definition) is 1. The average Bonchev–Trinajstić information content (AvgIpc) is 2.66. The molecule has 0 saturated carbocycles. The lowest BCUT2D eigenvalue weighted by Crippen LogP contribution is -2.36. The van der Waals surface area contributed by atoms with Crippen LogP contribution in [0.1, 0.15) is 39.1 Å². The van der Waals surface area contributed by atoms with Crippen molar-refractivity contribution in [1.82, 2.24) is 15.1 Å². The summed E-state index contributed by atoms with van der Waals surface area (Å²) in [6.45, 7) is 10.9. The summed E-state index contributed by atoms with van der Waals surface area (Å²) in [5, 5.41) is 8.01. The van der Waals surface area contributed by atoms with Crippen LogP contribution in [0.15, 0.2) is 4.47 Å². The summed E-state index contributed by atoms with van der Waals surface area (Å²) in [6.07, 6.45) is 0.949. The predicted octanol–water partition coefficient (Wildman–Crippen LogP) is 2.74. The van der Waals surface area contributed by atoms with Crippen LogP contribution in [0.3, 0.4) is 0 Å². The maximum atomic E-state index is 5.39. The largest absolute Gasteiger partial charge is 0.377 e. The van der Waals surface area contributed by atoms with Gasteiger partial charge in [0.15, 0.2) is 0 Å². The van der Waals surface area contributed by atoms with E-state index in [9.17, 15) is 0 Å². The maximum Gasteiger partial charge on any atom is 0.0767 e. The Kier molecular flexibility index (Phi) is 5.82. The van der Waals surface area contributed by atoms with Gasteiger partial charge in [-0.1, -0.05) is 6.92 Å². The molecule has 1 N–H and O–H groups in total. The molecular formula is C13H24BrN3O. The molecule has 0 atom stereocenters. The Labute approximate surface area is 118 Å². The Balaban J connectivity index is 2.69.